The van der Waals surface area contributed by atoms with Crippen LogP contribution in [0.3, 0.4) is 0 Å². The zero-order chi connectivity index (χ0) is 13.7. The molecule has 1 aromatic carbocycles. The summed E-state index contributed by atoms with van der Waals surface area (Å²) in [6, 6.07) is 9.39. The lowest BCUT2D eigenvalue weighted by Crippen LogP contribution is -2.46. The summed E-state index contributed by atoms with van der Waals surface area (Å²) in [5.74, 6) is 0. The molecule has 0 spiro atoms. The molecule has 0 aliphatic carbocycles. The molecule has 1 aliphatic heterocycles. The molecular weight excluding hydrogens is 256 g/mol. The van der Waals surface area contributed by atoms with Crippen LogP contribution in [0, 0.1) is 0 Å². The van der Waals surface area contributed by atoms with Crippen molar-refractivity contribution < 1.29 is 4.74 Å². The lowest BCUT2D eigenvalue weighted by molar-refractivity contribution is 0.0848. The molecule has 2 atom stereocenters. The Balaban J connectivity index is 2.15. The van der Waals surface area contributed by atoms with Gasteiger partial charge >= 0.3 is 0 Å². The number of likely N-dealkylation sites (tertiary alicyclic amines) is 1. The standard InChI is InChI=1S/C15H24N2OS/c1-18-11-10-17-9-3-4-14(16)15(17)12-5-7-13(19-2)8-6-12/h5-8,14-15H,3-4,9-11,16H2,1-2H3. The number of rotatable bonds is 5. The monoisotopic (exact) mass is 280 g/mol. The van der Waals surface area contributed by atoms with E-state index in [1.807, 2.05) is 0 Å². The molecule has 0 amide bonds. The third kappa shape index (κ3) is 3.72. The van der Waals surface area contributed by atoms with Crippen LogP contribution in [-0.2, 0) is 4.74 Å². The number of benzene rings is 1. The zero-order valence-electron chi connectivity index (χ0n) is 11.8. The van der Waals surface area contributed by atoms with E-state index in [-0.39, 0.29) is 6.04 Å². The Bertz CT molecular complexity index is 382. The van der Waals surface area contributed by atoms with E-state index in [1.165, 1.54) is 16.9 Å². The fourth-order valence-electron chi connectivity index (χ4n) is 2.82. The van der Waals surface area contributed by atoms with Crippen LogP contribution in [0.4, 0.5) is 0 Å². The average Bonchev–Trinajstić information content (AvgIpc) is 2.45. The molecule has 2 unspecified atom stereocenters. The van der Waals surface area contributed by atoms with Crippen LogP contribution in [0.15, 0.2) is 29.2 Å². The number of nitrogens with zero attached hydrogens (tertiary/aromatic N) is 1. The molecule has 106 valence electrons. The number of thioether (sulfide) groups is 1. The first-order chi connectivity index (χ1) is 9.26. The largest absolute Gasteiger partial charge is 0.383 e. The highest BCUT2D eigenvalue weighted by molar-refractivity contribution is 7.98. The molecule has 0 radical (unpaired) electrons. The summed E-state index contributed by atoms with van der Waals surface area (Å²) in [6.07, 6.45) is 4.40. The number of methoxy groups -OCH3 is 1. The summed E-state index contributed by atoms with van der Waals surface area (Å²) in [5, 5.41) is 0. The van der Waals surface area contributed by atoms with Gasteiger partial charge in [-0.2, -0.15) is 0 Å². The van der Waals surface area contributed by atoms with Crippen molar-refractivity contribution >= 4 is 11.8 Å². The van der Waals surface area contributed by atoms with Crippen LogP contribution in [0.1, 0.15) is 24.4 Å². The van der Waals surface area contributed by atoms with E-state index in [2.05, 4.69) is 35.4 Å². The molecule has 1 aromatic rings. The Hall–Kier alpha value is -0.550. The van der Waals surface area contributed by atoms with Crippen molar-refractivity contribution in [1.82, 2.24) is 4.90 Å². The number of nitrogens with two attached hydrogens (primary N) is 1. The quantitative estimate of drug-likeness (QED) is 0.841. The highest BCUT2D eigenvalue weighted by Gasteiger charge is 2.29. The summed E-state index contributed by atoms with van der Waals surface area (Å²) < 4.78 is 5.21. The summed E-state index contributed by atoms with van der Waals surface area (Å²) in [5.41, 5.74) is 7.69. The average molecular weight is 280 g/mol. The van der Waals surface area contributed by atoms with E-state index in [0.29, 0.717) is 6.04 Å². The zero-order valence-corrected chi connectivity index (χ0v) is 12.7. The predicted molar refractivity (Wildman–Crippen MR) is 81.6 cm³/mol. The normalized spacial score (nSPS) is 24.6. The Morgan fingerprint density at radius 1 is 1.37 bits per heavy atom. The van der Waals surface area contributed by atoms with Gasteiger partial charge < -0.3 is 10.5 Å². The van der Waals surface area contributed by atoms with Gasteiger partial charge in [0.1, 0.15) is 0 Å². The summed E-state index contributed by atoms with van der Waals surface area (Å²) in [6.45, 7) is 2.84. The van der Waals surface area contributed by atoms with Gasteiger partial charge in [0.2, 0.25) is 0 Å². The highest BCUT2D eigenvalue weighted by Crippen LogP contribution is 2.30. The van der Waals surface area contributed by atoms with Gasteiger partial charge in [-0.05, 0) is 43.3 Å². The Morgan fingerprint density at radius 3 is 2.74 bits per heavy atom. The van der Waals surface area contributed by atoms with Gasteiger partial charge in [-0.15, -0.1) is 11.8 Å². The molecule has 4 heteroatoms. The third-order valence-corrected chi connectivity index (χ3v) is 4.57. The van der Waals surface area contributed by atoms with Crippen LogP contribution in [0.25, 0.3) is 0 Å². The second kappa shape index (κ2) is 7.29. The minimum atomic E-state index is 0.228. The molecule has 2 N–H and O–H groups in total. The Labute approximate surface area is 120 Å². The summed E-state index contributed by atoms with van der Waals surface area (Å²) in [7, 11) is 1.76. The van der Waals surface area contributed by atoms with Crippen LogP contribution in [-0.4, -0.2) is 44.0 Å². The van der Waals surface area contributed by atoms with Crippen LogP contribution in [0.2, 0.25) is 0 Å². The predicted octanol–water partition coefficient (Wildman–Crippen LogP) is 2.52. The van der Waals surface area contributed by atoms with E-state index < -0.39 is 0 Å². The van der Waals surface area contributed by atoms with Gasteiger partial charge in [0.25, 0.3) is 0 Å². The fraction of sp³-hybridized carbons (Fsp3) is 0.600. The molecule has 19 heavy (non-hydrogen) atoms. The smallest absolute Gasteiger partial charge is 0.0589 e. The van der Waals surface area contributed by atoms with E-state index in [1.54, 1.807) is 18.9 Å². The maximum absolute atomic E-state index is 6.36. The molecule has 1 fully saturated rings. The lowest BCUT2D eigenvalue weighted by Gasteiger charge is -2.40. The van der Waals surface area contributed by atoms with Crippen LogP contribution >= 0.6 is 11.8 Å². The molecule has 1 aliphatic rings. The van der Waals surface area contributed by atoms with Crippen molar-refractivity contribution in [1.29, 1.82) is 0 Å². The van der Waals surface area contributed by atoms with Crippen molar-refractivity contribution in [2.45, 2.75) is 29.8 Å². The SMILES string of the molecule is COCCN1CCCC(N)C1c1ccc(SC)cc1. The van der Waals surface area contributed by atoms with Gasteiger partial charge in [0.15, 0.2) is 0 Å². The maximum atomic E-state index is 6.36. The van der Waals surface area contributed by atoms with E-state index in [9.17, 15) is 0 Å². The van der Waals surface area contributed by atoms with E-state index >= 15 is 0 Å². The fourth-order valence-corrected chi connectivity index (χ4v) is 3.22. The first-order valence-electron chi connectivity index (χ1n) is 6.88. The molecule has 0 saturated carbocycles. The highest BCUT2D eigenvalue weighted by atomic mass is 32.2. The Kier molecular flexibility index (Phi) is 5.70. The van der Waals surface area contributed by atoms with Crippen LogP contribution < -0.4 is 5.73 Å². The van der Waals surface area contributed by atoms with Gasteiger partial charge in [0, 0.05) is 30.6 Å². The first-order valence-corrected chi connectivity index (χ1v) is 8.11. The number of ether oxygens (including phenoxy) is 1. The minimum Gasteiger partial charge on any atom is -0.383 e. The minimum absolute atomic E-state index is 0.228. The molecule has 0 aromatic heterocycles. The van der Waals surface area contributed by atoms with Crippen molar-refractivity contribution in [3.8, 4) is 0 Å². The second-order valence-corrected chi connectivity index (χ2v) is 5.93. The molecule has 3 nitrogen and oxygen atoms in total. The number of hydrogen-bond acceptors (Lipinski definition) is 4. The molecule has 2 rings (SSSR count). The topological polar surface area (TPSA) is 38.5 Å². The summed E-state index contributed by atoms with van der Waals surface area (Å²) in [4.78, 5) is 3.77. The van der Waals surface area contributed by atoms with E-state index in [4.69, 9.17) is 10.5 Å². The number of hydrogen-bond donors (Lipinski definition) is 1. The Morgan fingerprint density at radius 2 is 2.11 bits per heavy atom. The van der Waals surface area contributed by atoms with Crippen molar-refractivity contribution in [2.24, 2.45) is 5.73 Å². The van der Waals surface area contributed by atoms with Crippen molar-refractivity contribution in [3.05, 3.63) is 29.8 Å². The van der Waals surface area contributed by atoms with Crippen molar-refractivity contribution in [2.75, 3.05) is 33.1 Å². The summed E-state index contributed by atoms with van der Waals surface area (Å²) >= 11 is 1.77. The third-order valence-electron chi connectivity index (χ3n) is 3.82. The maximum Gasteiger partial charge on any atom is 0.0589 e. The van der Waals surface area contributed by atoms with Gasteiger partial charge in [0.05, 0.1) is 6.61 Å². The number of piperidine rings is 1. The molecular formula is C15H24N2OS. The van der Waals surface area contributed by atoms with Gasteiger partial charge in [-0.25, -0.2) is 0 Å². The van der Waals surface area contributed by atoms with Crippen LogP contribution in [0.5, 0.6) is 0 Å². The van der Waals surface area contributed by atoms with Gasteiger partial charge in [-0.3, -0.25) is 4.90 Å². The first kappa shape index (κ1) is 14.9. The second-order valence-electron chi connectivity index (χ2n) is 5.05. The molecule has 0 bridgehead atoms. The molecule has 1 heterocycles. The molecule has 1 saturated heterocycles. The van der Waals surface area contributed by atoms with Crippen molar-refractivity contribution in [3.63, 3.8) is 0 Å². The van der Waals surface area contributed by atoms with Gasteiger partial charge in [-0.1, -0.05) is 12.1 Å². The lowest BCUT2D eigenvalue weighted by atomic mass is 9.91. The van der Waals surface area contributed by atoms with E-state index in [0.717, 1.165) is 26.1 Å².